The number of nitrogens with zero attached hydrogens (tertiary/aromatic N) is 1. The molecule has 0 saturated heterocycles. The van der Waals surface area contributed by atoms with Gasteiger partial charge < -0.3 is 28.5 Å². The summed E-state index contributed by atoms with van der Waals surface area (Å²) in [6.07, 6.45) is 91.7. The van der Waals surface area contributed by atoms with Crippen LogP contribution in [0, 0.1) is 0 Å². The number of carbonyl (C=O) groups excluding carboxylic acids is 2. The Hall–Kier alpha value is -2.49. The average molecular weight is 1280 g/mol. The lowest BCUT2D eigenvalue weighted by molar-refractivity contribution is -0.870. The van der Waals surface area contributed by atoms with Crippen LogP contribution in [0.5, 0.6) is 0 Å². The number of rotatable bonds is 76. The quantitative estimate of drug-likeness (QED) is 0.0211. The zero-order chi connectivity index (χ0) is 66.1. The van der Waals surface area contributed by atoms with Gasteiger partial charge in [-0.05, 0) is 51.4 Å². The molecule has 0 aromatic heterocycles. The number of hydrogen-bond donors (Lipinski definition) is 1. The molecule has 0 aliphatic heterocycles. The molecule has 0 aliphatic rings. The van der Waals surface area contributed by atoms with Crippen LogP contribution in [0.2, 0.25) is 0 Å². The number of carboxylic acid groups (broad SMARTS) is 1. The zero-order valence-electron chi connectivity index (χ0n) is 61.5. The summed E-state index contributed by atoms with van der Waals surface area (Å²) in [5, 5.41) is 9.77. The van der Waals surface area contributed by atoms with Gasteiger partial charge in [0.2, 0.25) is 0 Å². The van der Waals surface area contributed by atoms with Gasteiger partial charge in [-0.1, -0.05) is 384 Å². The number of hydrogen-bond acceptors (Lipinski definition) is 7. The summed E-state index contributed by atoms with van der Waals surface area (Å²) in [6, 6.07) is 0. The maximum Gasteiger partial charge on any atom is 0.361 e. The maximum absolute atomic E-state index is 13.0. The Kier molecular flexibility index (Phi) is 71.3. The van der Waals surface area contributed by atoms with E-state index in [4.69, 9.17) is 18.9 Å². The van der Waals surface area contributed by atoms with Crippen molar-refractivity contribution in [3.05, 3.63) is 36.5 Å². The van der Waals surface area contributed by atoms with Crippen LogP contribution in [0.4, 0.5) is 0 Å². The molecular weight excluding hydrogens is 1130 g/mol. The Morgan fingerprint density at radius 3 is 0.879 bits per heavy atom. The van der Waals surface area contributed by atoms with Gasteiger partial charge in [0.25, 0.3) is 6.29 Å². The number of likely N-dealkylation sites (N-methyl/N-ethyl adjacent to an activating group) is 1. The predicted octanol–water partition coefficient (Wildman–Crippen LogP) is 25.5. The van der Waals surface area contributed by atoms with E-state index in [1.165, 1.54) is 334 Å². The standard InChI is InChI=1S/C82H155NO8/c1-6-8-10-12-14-16-18-20-22-24-26-28-30-32-34-35-36-37-38-39-40-41-42-43-44-45-47-48-50-52-54-56-58-60-62-64-66-68-70-72-79(84)89-76-78(77-90-82(81(86)87)88-75-74-83(3,4)5)91-80(85)73-71-69-67-65-63-61-59-57-55-53-51-49-46-33-31-29-27-25-23-21-19-17-15-13-11-9-7-2/h19,21,25,27,31,33,78,82H,6-18,20,22-24,26,28-30,32,34-77H2,1-5H3/p+1/b21-19-,27-25-,33-31-. The van der Waals surface area contributed by atoms with Crippen molar-refractivity contribution in [3.63, 3.8) is 0 Å². The van der Waals surface area contributed by atoms with Gasteiger partial charge in [-0.25, -0.2) is 4.79 Å². The minimum atomic E-state index is -1.51. The van der Waals surface area contributed by atoms with Crippen LogP contribution in [-0.2, 0) is 33.3 Å². The first-order valence-electron chi connectivity index (χ1n) is 40.2. The molecule has 0 amide bonds. The number of carbonyl (C=O) groups is 3. The molecule has 0 rings (SSSR count). The molecule has 0 heterocycles. The fraction of sp³-hybridized carbons (Fsp3) is 0.890. The van der Waals surface area contributed by atoms with E-state index in [-0.39, 0.29) is 38.2 Å². The van der Waals surface area contributed by atoms with E-state index in [2.05, 4.69) is 50.3 Å². The molecule has 0 bridgehead atoms. The lowest BCUT2D eigenvalue weighted by atomic mass is 10.0. The molecule has 9 heteroatoms. The molecule has 0 saturated carbocycles. The Labute approximate surface area is 566 Å². The third-order valence-electron chi connectivity index (χ3n) is 18.4. The van der Waals surface area contributed by atoms with Crippen molar-refractivity contribution < 1.29 is 42.9 Å². The second-order valence-corrected chi connectivity index (χ2v) is 28.7. The van der Waals surface area contributed by atoms with Crippen LogP contribution < -0.4 is 0 Å². The van der Waals surface area contributed by atoms with Gasteiger partial charge in [0, 0.05) is 12.8 Å². The largest absolute Gasteiger partial charge is 0.477 e. The highest BCUT2D eigenvalue weighted by Crippen LogP contribution is 2.20. The molecule has 0 aromatic carbocycles. The van der Waals surface area contributed by atoms with Gasteiger partial charge in [-0.3, -0.25) is 9.59 Å². The summed E-state index contributed by atoms with van der Waals surface area (Å²) in [7, 11) is 5.99. The first-order chi connectivity index (χ1) is 44.6. The highest BCUT2D eigenvalue weighted by atomic mass is 16.7. The number of quaternary nitrogens is 1. The Morgan fingerprint density at radius 2 is 0.593 bits per heavy atom. The SMILES string of the molecule is CCCCCCC/C=C\C/C=C\C/C=C\CCCCCCCCCCCCCCC(=O)OC(COC(=O)CCCCCCCCCCCCCCCCCCCCCCCCCCCCCCCCCCCCCCCCC)COC(OCC[N+](C)(C)C)C(=O)O. The first kappa shape index (κ1) is 88.5. The van der Waals surface area contributed by atoms with Gasteiger partial charge >= 0.3 is 17.9 Å². The molecule has 0 aliphatic carbocycles. The van der Waals surface area contributed by atoms with E-state index in [0.717, 1.165) is 51.4 Å². The van der Waals surface area contributed by atoms with Gasteiger partial charge in [-0.15, -0.1) is 0 Å². The van der Waals surface area contributed by atoms with E-state index in [9.17, 15) is 19.5 Å². The molecule has 0 fully saturated rings. The predicted molar refractivity (Wildman–Crippen MR) is 392 cm³/mol. The van der Waals surface area contributed by atoms with Gasteiger partial charge in [0.05, 0.1) is 34.4 Å². The molecule has 536 valence electrons. The topological polar surface area (TPSA) is 108 Å². The second kappa shape index (κ2) is 73.3. The number of carboxylic acids is 1. The summed E-state index contributed by atoms with van der Waals surface area (Å²) in [4.78, 5) is 37.7. The summed E-state index contributed by atoms with van der Waals surface area (Å²) in [6.45, 7) is 4.94. The highest BCUT2D eigenvalue weighted by molar-refractivity contribution is 5.71. The van der Waals surface area contributed by atoms with Crippen LogP contribution in [-0.4, -0.2) is 87.4 Å². The normalized spacial score (nSPS) is 12.8. The lowest BCUT2D eigenvalue weighted by Gasteiger charge is -2.25. The molecule has 0 spiro atoms. The summed E-state index contributed by atoms with van der Waals surface area (Å²) in [5.41, 5.74) is 0. The highest BCUT2D eigenvalue weighted by Gasteiger charge is 2.25. The van der Waals surface area contributed by atoms with E-state index in [0.29, 0.717) is 17.4 Å². The van der Waals surface area contributed by atoms with Crippen molar-refractivity contribution in [1.82, 2.24) is 0 Å². The lowest BCUT2D eigenvalue weighted by Crippen LogP contribution is -2.40. The molecule has 91 heavy (non-hydrogen) atoms. The van der Waals surface area contributed by atoms with Crippen LogP contribution >= 0.6 is 0 Å². The number of ether oxygens (including phenoxy) is 4. The molecular formula is C82H156NO8+. The van der Waals surface area contributed by atoms with Crippen molar-refractivity contribution in [3.8, 4) is 0 Å². The monoisotopic (exact) mass is 1280 g/mol. The fourth-order valence-corrected chi connectivity index (χ4v) is 12.3. The van der Waals surface area contributed by atoms with E-state index in [1.807, 2.05) is 21.1 Å². The van der Waals surface area contributed by atoms with Gasteiger partial charge in [-0.2, -0.15) is 0 Å². The molecule has 2 atom stereocenters. The molecule has 2 unspecified atom stereocenters. The summed E-state index contributed by atoms with van der Waals surface area (Å²) >= 11 is 0. The maximum atomic E-state index is 13.0. The van der Waals surface area contributed by atoms with Crippen molar-refractivity contribution in [1.29, 1.82) is 0 Å². The van der Waals surface area contributed by atoms with Crippen LogP contribution in [0.25, 0.3) is 0 Å². The van der Waals surface area contributed by atoms with Crippen molar-refractivity contribution in [2.75, 3.05) is 47.5 Å². The van der Waals surface area contributed by atoms with Gasteiger partial charge in [0.15, 0.2) is 6.10 Å². The Bertz CT molecular complexity index is 1590. The zero-order valence-corrected chi connectivity index (χ0v) is 61.5. The molecule has 9 nitrogen and oxygen atoms in total. The van der Waals surface area contributed by atoms with Crippen molar-refractivity contribution in [2.24, 2.45) is 0 Å². The number of aliphatic carboxylic acids is 1. The summed E-state index contributed by atoms with van der Waals surface area (Å²) in [5.74, 6) is -1.98. The molecule has 1 N–H and O–H groups in total. The number of unbranched alkanes of at least 4 members (excludes halogenated alkanes) is 55. The smallest absolute Gasteiger partial charge is 0.361 e. The Morgan fingerprint density at radius 1 is 0.330 bits per heavy atom. The van der Waals surface area contributed by atoms with Crippen LogP contribution in [0.15, 0.2) is 36.5 Å². The van der Waals surface area contributed by atoms with E-state index < -0.39 is 18.4 Å². The van der Waals surface area contributed by atoms with Crippen LogP contribution in [0.1, 0.15) is 412 Å². The fourth-order valence-electron chi connectivity index (χ4n) is 12.3. The van der Waals surface area contributed by atoms with Crippen molar-refractivity contribution in [2.45, 2.75) is 424 Å². The number of esters is 2. The van der Waals surface area contributed by atoms with Crippen LogP contribution in [0.3, 0.4) is 0 Å². The van der Waals surface area contributed by atoms with E-state index >= 15 is 0 Å². The molecule has 0 radical (unpaired) electrons. The average Bonchev–Trinajstić information content (AvgIpc) is 3.46. The minimum absolute atomic E-state index is 0.178. The second-order valence-electron chi connectivity index (χ2n) is 28.7. The minimum Gasteiger partial charge on any atom is -0.477 e. The third kappa shape index (κ3) is 74.8. The van der Waals surface area contributed by atoms with Crippen molar-refractivity contribution >= 4 is 17.9 Å². The summed E-state index contributed by atoms with van der Waals surface area (Å²) < 4.78 is 23.0. The van der Waals surface area contributed by atoms with Gasteiger partial charge in [0.1, 0.15) is 13.2 Å². The Balaban J connectivity index is 3.94. The molecule has 0 aromatic rings. The third-order valence-corrected chi connectivity index (χ3v) is 18.4. The first-order valence-corrected chi connectivity index (χ1v) is 40.2. The number of allylic oxidation sites excluding steroid dienone is 6. The van der Waals surface area contributed by atoms with E-state index in [1.54, 1.807) is 0 Å².